The normalized spacial score (nSPS) is 17.1. The SMILES string of the molecule is CCNC(=NCc1ccc(C)cc1OC1CCOC1)NCc1ncc(C)s1. The van der Waals surface area contributed by atoms with Crippen molar-refractivity contribution in [2.24, 2.45) is 4.99 Å². The van der Waals surface area contributed by atoms with Gasteiger partial charge in [0.15, 0.2) is 5.96 Å². The molecule has 2 N–H and O–H groups in total. The molecule has 0 amide bonds. The minimum Gasteiger partial charge on any atom is -0.488 e. The molecule has 2 aromatic rings. The van der Waals surface area contributed by atoms with Gasteiger partial charge in [0.25, 0.3) is 0 Å². The van der Waals surface area contributed by atoms with Gasteiger partial charge in [-0.15, -0.1) is 11.3 Å². The second kappa shape index (κ2) is 9.71. The Morgan fingerprint density at radius 2 is 2.26 bits per heavy atom. The van der Waals surface area contributed by atoms with E-state index in [1.54, 1.807) is 11.3 Å². The minimum atomic E-state index is 0.133. The molecular formula is C20H28N4O2S. The molecule has 6 nitrogen and oxygen atoms in total. The fourth-order valence-electron chi connectivity index (χ4n) is 2.84. The average Bonchev–Trinajstić information content (AvgIpc) is 3.30. The number of ether oxygens (including phenoxy) is 2. The number of thiazole rings is 1. The maximum Gasteiger partial charge on any atom is 0.191 e. The highest BCUT2D eigenvalue weighted by Crippen LogP contribution is 2.24. The van der Waals surface area contributed by atoms with E-state index in [9.17, 15) is 0 Å². The molecule has 1 saturated heterocycles. The molecular weight excluding hydrogens is 360 g/mol. The van der Waals surface area contributed by atoms with Crippen molar-refractivity contribution in [2.45, 2.75) is 46.4 Å². The van der Waals surface area contributed by atoms with Gasteiger partial charge in [0.05, 0.1) is 26.3 Å². The van der Waals surface area contributed by atoms with Crippen LogP contribution in [0.5, 0.6) is 5.75 Å². The number of aliphatic imine (C=N–C) groups is 1. The van der Waals surface area contributed by atoms with Crippen LogP contribution in [0.25, 0.3) is 0 Å². The molecule has 1 aliphatic rings. The number of hydrogen-bond donors (Lipinski definition) is 2. The summed E-state index contributed by atoms with van der Waals surface area (Å²) in [5.41, 5.74) is 2.26. The Morgan fingerprint density at radius 1 is 1.37 bits per heavy atom. The van der Waals surface area contributed by atoms with Crippen molar-refractivity contribution >= 4 is 17.3 Å². The fourth-order valence-corrected chi connectivity index (χ4v) is 3.56. The van der Waals surface area contributed by atoms with Gasteiger partial charge >= 0.3 is 0 Å². The lowest BCUT2D eigenvalue weighted by atomic mass is 10.1. The quantitative estimate of drug-likeness (QED) is 0.563. The molecule has 27 heavy (non-hydrogen) atoms. The summed E-state index contributed by atoms with van der Waals surface area (Å²) in [6, 6.07) is 6.28. The molecule has 1 aromatic carbocycles. The molecule has 0 radical (unpaired) electrons. The van der Waals surface area contributed by atoms with Crippen molar-refractivity contribution < 1.29 is 9.47 Å². The van der Waals surface area contributed by atoms with Crippen molar-refractivity contribution in [3.8, 4) is 5.75 Å². The van der Waals surface area contributed by atoms with E-state index in [-0.39, 0.29) is 6.10 Å². The van der Waals surface area contributed by atoms with Crippen LogP contribution in [0.3, 0.4) is 0 Å². The van der Waals surface area contributed by atoms with Crippen LogP contribution < -0.4 is 15.4 Å². The van der Waals surface area contributed by atoms with Gasteiger partial charge in [-0.25, -0.2) is 9.98 Å². The topological polar surface area (TPSA) is 67.8 Å². The summed E-state index contributed by atoms with van der Waals surface area (Å²) in [6.45, 7) is 9.66. The van der Waals surface area contributed by atoms with E-state index in [0.29, 0.717) is 19.7 Å². The number of hydrogen-bond acceptors (Lipinski definition) is 5. The minimum absolute atomic E-state index is 0.133. The van der Waals surface area contributed by atoms with Gasteiger partial charge in [-0.05, 0) is 32.4 Å². The highest BCUT2D eigenvalue weighted by Gasteiger charge is 2.18. The van der Waals surface area contributed by atoms with Crippen LogP contribution in [0.2, 0.25) is 0 Å². The van der Waals surface area contributed by atoms with Gasteiger partial charge < -0.3 is 20.1 Å². The standard InChI is InChI=1S/C20H28N4O2S/c1-4-21-20(24-12-19-22-10-15(3)27-19)23-11-16-6-5-14(2)9-18(16)26-17-7-8-25-13-17/h5-6,9-10,17H,4,7-8,11-13H2,1-3H3,(H2,21,23,24). The van der Waals surface area contributed by atoms with Crippen LogP contribution in [0.1, 0.15) is 34.4 Å². The van der Waals surface area contributed by atoms with Crippen molar-refractivity contribution in [3.05, 3.63) is 45.4 Å². The van der Waals surface area contributed by atoms with Crippen LogP contribution in [0, 0.1) is 13.8 Å². The third-order valence-corrected chi connectivity index (χ3v) is 5.14. The Hall–Kier alpha value is -2.12. The number of guanidine groups is 1. The molecule has 1 fully saturated rings. The third-order valence-electron chi connectivity index (χ3n) is 4.23. The Kier molecular flexibility index (Phi) is 7.06. The summed E-state index contributed by atoms with van der Waals surface area (Å²) in [4.78, 5) is 10.3. The van der Waals surface area contributed by atoms with Crippen molar-refractivity contribution in [1.29, 1.82) is 0 Å². The summed E-state index contributed by atoms with van der Waals surface area (Å²) in [5, 5.41) is 7.69. The Balaban J connectivity index is 1.67. The molecule has 1 unspecified atom stereocenters. The van der Waals surface area contributed by atoms with Crippen LogP contribution in [0.4, 0.5) is 0 Å². The highest BCUT2D eigenvalue weighted by molar-refractivity contribution is 7.11. The molecule has 0 spiro atoms. The van der Waals surface area contributed by atoms with Gasteiger partial charge in [0.2, 0.25) is 0 Å². The zero-order valence-electron chi connectivity index (χ0n) is 16.2. The second-order valence-electron chi connectivity index (χ2n) is 6.63. The highest BCUT2D eigenvalue weighted by atomic mass is 32.1. The Morgan fingerprint density at radius 3 is 2.96 bits per heavy atom. The van der Waals surface area contributed by atoms with Crippen molar-refractivity contribution in [2.75, 3.05) is 19.8 Å². The van der Waals surface area contributed by atoms with E-state index in [0.717, 1.165) is 41.9 Å². The predicted molar refractivity (Wildman–Crippen MR) is 110 cm³/mol. The van der Waals surface area contributed by atoms with Gasteiger partial charge in [-0.3, -0.25) is 0 Å². The lowest BCUT2D eigenvalue weighted by molar-refractivity contribution is 0.140. The first kappa shape index (κ1) is 19.6. The fraction of sp³-hybridized carbons (Fsp3) is 0.500. The van der Waals surface area contributed by atoms with E-state index < -0.39 is 0 Å². The molecule has 1 atom stereocenters. The van der Waals surface area contributed by atoms with E-state index >= 15 is 0 Å². The van der Waals surface area contributed by atoms with Crippen molar-refractivity contribution in [3.63, 3.8) is 0 Å². The molecule has 7 heteroatoms. The van der Waals surface area contributed by atoms with Crippen LogP contribution in [0.15, 0.2) is 29.4 Å². The van der Waals surface area contributed by atoms with Crippen molar-refractivity contribution in [1.82, 2.24) is 15.6 Å². The Bertz CT molecular complexity index is 769. The van der Waals surface area contributed by atoms with E-state index in [2.05, 4.69) is 54.6 Å². The second-order valence-corrected chi connectivity index (χ2v) is 7.95. The molecule has 2 heterocycles. The van der Waals surface area contributed by atoms with Gasteiger partial charge in [0.1, 0.15) is 16.9 Å². The number of aryl methyl sites for hydroxylation is 2. The molecule has 1 aromatic heterocycles. The van der Waals surface area contributed by atoms with E-state index in [4.69, 9.17) is 14.5 Å². The first-order valence-corrected chi connectivity index (χ1v) is 10.2. The maximum absolute atomic E-state index is 6.17. The Labute approximate surface area is 165 Å². The summed E-state index contributed by atoms with van der Waals surface area (Å²) in [6.07, 6.45) is 2.97. The number of rotatable bonds is 7. The summed E-state index contributed by atoms with van der Waals surface area (Å²) < 4.78 is 11.6. The average molecular weight is 389 g/mol. The van der Waals surface area contributed by atoms with E-state index in [1.165, 1.54) is 10.4 Å². The predicted octanol–water partition coefficient (Wildman–Crippen LogP) is 3.18. The largest absolute Gasteiger partial charge is 0.488 e. The smallest absolute Gasteiger partial charge is 0.191 e. The van der Waals surface area contributed by atoms with Crippen LogP contribution in [-0.4, -0.2) is 36.8 Å². The molecule has 0 bridgehead atoms. The lowest BCUT2D eigenvalue weighted by Crippen LogP contribution is -2.36. The number of nitrogens with one attached hydrogen (secondary N) is 2. The molecule has 0 aliphatic carbocycles. The molecule has 1 aliphatic heterocycles. The van der Waals surface area contributed by atoms with Crippen LogP contribution in [-0.2, 0) is 17.8 Å². The van der Waals surface area contributed by atoms with Gasteiger partial charge in [-0.1, -0.05) is 12.1 Å². The summed E-state index contributed by atoms with van der Waals surface area (Å²) >= 11 is 1.70. The molecule has 146 valence electrons. The van der Waals surface area contributed by atoms with E-state index in [1.807, 2.05) is 6.20 Å². The number of nitrogens with zero attached hydrogens (tertiary/aromatic N) is 2. The first-order valence-electron chi connectivity index (χ1n) is 9.41. The summed E-state index contributed by atoms with van der Waals surface area (Å²) in [5.74, 6) is 1.68. The zero-order chi connectivity index (χ0) is 19.1. The number of benzene rings is 1. The molecule has 3 rings (SSSR count). The monoisotopic (exact) mass is 388 g/mol. The number of aromatic nitrogens is 1. The summed E-state index contributed by atoms with van der Waals surface area (Å²) in [7, 11) is 0. The molecule has 0 saturated carbocycles. The van der Waals surface area contributed by atoms with Gasteiger partial charge in [0, 0.05) is 29.6 Å². The zero-order valence-corrected chi connectivity index (χ0v) is 17.1. The maximum atomic E-state index is 6.17. The lowest BCUT2D eigenvalue weighted by Gasteiger charge is -2.16. The van der Waals surface area contributed by atoms with Gasteiger partial charge in [-0.2, -0.15) is 0 Å². The third kappa shape index (κ3) is 5.94. The first-order chi connectivity index (χ1) is 13.1. The van der Waals surface area contributed by atoms with Crippen LogP contribution >= 0.6 is 11.3 Å².